The summed E-state index contributed by atoms with van der Waals surface area (Å²) in [4.78, 5) is 11.8. The Morgan fingerprint density at radius 1 is 1.33 bits per heavy atom. The molecule has 0 spiro atoms. The molecule has 0 saturated carbocycles. The average molecular weight is 284 g/mol. The van der Waals surface area contributed by atoms with Gasteiger partial charge in [0.05, 0.1) is 11.6 Å². The van der Waals surface area contributed by atoms with E-state index in [0.29, 0.717) is 5.69 Å². The summed E-state index contributed by atoms with van der Waals surface area (Å²) in [5, 5.41) is 11.3. The van der Waals surface area contributed by atoms with Crippen LogP contribution in [0.25, 0.3) is 0 Å². The Morgan fingerprint density at radius 3 is 2.76 bits per heavy atom. The lowest BCUT2D eigenvalue weighted by Crippen LogP contribution is -2.20. The van der Waals surface area contributed by atoms with Gasteiger partial charge in [0.15, 0.2) is 18.2 Å². The van der Waals surface area contributed by atoms with Crippen LogP contribution in [-0.2, 0) is 4.79 Å². The Labute approximate surface area is 121 Å². The van der Waals surface area contributed by atoms with Crippen LogP contribution in [0.5, 0.6) is 5.75 Å². The van der Waals surface area contributed by atoms with Crippen molar-refractivity contribution in [3.05, 3.63) is 59.4 Å². The molecule has 1 amide bonds. The van der Waals surface area contributed by atoms with E-state index in [-0.39, 0.29) is 23.8 Å². The van der Waals surface area contributed by atoms with Gasteiger partial charge in [-0.1, -0.05) is 18.2 Å². The van der Waals surface area contributed by atoms with Gasteiger partial charge in [-0.05, 0) is 36.8 Å². The molecule has 0 radical (unpaired) electrons. The highest BCUT2D eigenvalue weighted by Crippen LogP contribution is 2.18. The summed E-state index contributed by atoms with van der Waals surface area (Å²) in [6.07, 6.45) is 0. The molecular weight excluding hydrogens is 271 g/mol. The number of benzene rings is 2. The zero-order chi connectivity index (χ0) is 15.2. The molecule has 2 aromatic rings. The molecule has 0 unspecified atom stereocenters. The minimum atomic E-state index is -0.669. The van der Waals surface area contributed by atoms with Gasteiger partial charge in [0.2, 0.25) is 0 Å². The zero-order valence-electron chi connectivity index (χ0n) is 11.4. The number of ether oxygens (including phenoxy) is 1. The molecule has 1 N–H and O–H groups in total. The van der Waals surface area contributed by atoms with E-state index < -0.39 is 5.82 Å². The smallest absolute Gasteiger partial charge is 0.262 e. The third kappa shape index (κ3) is 3.80. The molecule has 5 heteroatoms. The molecule has 4 nitrogen and oxygen atoms in total. The number of carbonyl (C=O) groups excluding carboxylic acids is 1. The molecule has 21 heavy (non-hydrogen) atoms. The van der Waals surface area contributed by atoms with Crippen molar-refractivity contribution in [2.45, 2.75) is 6.92 Å². The monoisotopic (exact) mass is 284 g/mol. The quantitative estimate of drug-likeness (QED) is 0.938. The van der Waals surface area contributed by atoms with Crippen LogP contribution < -0.4 is 10.1 Å². The van der Waals surface area contributed by atoms with E-state index in [4.69, 9.17) is 10.00 Å². The molecule has 0 aromatic heterocycles. The highest BCUT2D eigenvalue weighted by molar-refractivity contribution is 5.92. The Kier molecular flexibility index (Phi) is 4.52. The fraction of sp³-hybridized carbons (Fsp3) is 0.125. The summed E-state index contributed by atoms with van der Waals surface area (Å²) in [7, 11) is 0. The summed E-state index contributed by atoms with van der Waals surface area (Å²) in [6, 6.07) is 13.0. The molecule has 2 rings (SSSR count). The van der Waals surface area contributed by atoms with Gasteiger partial charge in [0, 0.05) is 5.69 Å². The van der Waals surface area contributed by atoms with E-state index in [1.165, 1.54) is 12.1 Å². The fourth-order valence-electron chi connectivity index (χ4n) is 1.73. The number of carbonyl (C=O) groups is 1. The van der Waals surface area contributed by atoms with Gasteiger partial charge in [-0.15, -0.1) is 0 Å². The minimum Gasteiger partial charge on any atom is -0.481 e. The van der Waals surface area contributed by atoms with E-state index in [1.54, 1.807) is 6.07 Å². The van der Waals surface area contributed by atoms with Crippen LogP contribution in [0.3, 0.4) is 0 Å². The SMILES string of the molecule is Cc1ccccc1NC(=O)COc1ccc(C#N)cc1F. The van der Waals surface area contributed by atoms with E-state index in [2.05, 4.69) is 5.32 Å². The average Bonchev–Trinajstić information content (AvgIpc) is 2.48. The highest BCUT2D eigenvalue weighted by atomic mass is 19.1. The van der Waals surface area contributed by atoms with Gasteiger partial charge < -0.3 is 10.1 Å². The molecule has 0 aliphatic carbocycles. The van der Waals surface area contributed by atoms with E-state index >= 15 is 0 Å². The number of amides is 1. The number of nitriles is 1. The van der Waals surface area contributed by atoms with Crippen LogP contribution in [0.2, 0.25) is 0 Å². The number of hydrogen-bond acceptors (Lipinski definition) is 3. The molecule has 106 valence electrons. The van der Waals surface area contributed by atoms with Crippen LogP contribution in [0, 0.1) is 24.1 Å². The minimum absolute atomic E-state index is 0.0612. The van der Waals surface area contributed by atoms with Crippen molar-refractivity contribution >= 4 is 11.6 Å². The first kappa shape index (κ1) is 14.5. The molecule has 0 aliphatic heterocycles. The van der Waals surface area contributed by atoms with Crippen molar-refractivity contribution in [3.8, 4) is 11.8 Å². The van der Waals surface area contributed by atoms with Crippen molar-refractivity contribution in [3.63, 3.8) is 0 Å². The lowest BCUT2D eigenvalue weighted by Gasteiger charge is -2.10. The number of nitrogens with one attached hydrogen (secondary N) is 1. The zero-order valence-corrected chi connectivity index (χ0v) is 11.4. The van der Waals surface area contributed by atoms with E-state index in [0.717, 1.165) is 11.6 Å². The van der Waals surface area contributed by atoms with E-state index in [9.17, 15) is 9.18 Å². The van der Waals surface area contributed by atoms with Gasteiger partial charge in [-0.25, -0.2) is 4.39 Å². The van der Waals surface area contributed by atoms with Crippen LogP contribution >= 0.6 is 0 Å². The first-order valence-electron chi connectivity index (χ1n) is 6.28. The van der Waals surface area contributed by atoms with Crippen LogP contribution in [0.15, 0.2) is 42.5 Å². The third-order valence-corrected chi connectivity index (χ3v) is 2.84. The first-order chi connectivity index (χ1) is 10.1. The van der Waals surface area contributed by atoms with E-state index in [1.807, 2.05) is 31.2 Å². The van der Waals surface area contributed by atoms with Crippen molar-refractivity contribution in [1.82, 2.24) is 0 Å². The molecule has 0 bridgehead atoms. The van der Waals surface area contributed by atoms with Crippen molar-refractivity contribution in [2.24, 2.45) is 0 Å². The van der Waals surface area contributed by atoms with Crippen LogP contribution in [0.1, 0.15) is 11.1 Å². The van der Waals surface area contributed by atoms with Gasteiger partial charge >= 0.3 is 0 Å². The molecule has 2 aromatic carbocycles. The van der Waals surface area contributed by atoms with Crippen molar-refractivity contribution < 1.29 is 13.9 Å². The number of halogens is 1. The second-order valence-electron chi connectivity index (χ2n) is 4.41. The molecule has 0 atom stereocenters. The Morgan fingerprint density at radius 2 is 2.10 bits per heavy atom. The van der Waals surface area contributed by atoms with Gasteiger partial charge in [0.25, 0.3) is 5.91 Å². The first-order valence-corrected chi connectivity index (χ1v) is 6.28. The lowest BCUT2D eigenvalue weighted by molar-refractivity contribution is -0.118. The summed E-state index contributed by atoms with van der Waals surface area (Å²) >= 11 is 0. The lowest BCUT2D eigenvalue weighted by atomic mass is 10.2. The van der Waals surface area contributed by atoms with Gasteiger partial charge in [-0.3, -0.25) is 4.79 Å². The maximum atomic E-state index is 13.6. The second-order valence-corrected chi connectivity index (χ2v) is 4.41. The molecule has 0 heterocycles. The van der Waals surface area contributed by atoms with Crippen molar-refractivity contribution in [1.29, 1.82) is 5.26 Å². The second kappa shape index (κ2) is 6.53. The Balaban J connectivity index is 1.96. The number of para-hydroxylation sites is 1. The maximum absolute atomic E-state index is 13.6. The van der Waals surface area contributed by atoms with Gasteiger partial charge in [-0.2, -0.15) is 5.26 Å². The number of rotatable bonds is 4. The fourth-order valence-corrected chi connectivity index (χ4v) is 1.73. The molecular formula is C16H13FN2O2. The molecule has 0 fully saturated rings. The van der Waals surface area contributed by atoms with Crippen LogP contribution in [0.4, 0.5) is 10.1 Å². The number of anilines is 1. The van der Waals surface area contributed by atoms with Crippen LogP contribution in [-0.4, -0.2) is 12.5 Å². The van der Waals surface area contributed by atoms with Crippen molar-refractivity contribution in [2.75, 3.05) is 11.9 Å². The topological polar surface area (TPSA) is 62.1 Å². The highest BCUT2D eigenvalue weighted by Gasteiger charge is 2.09. The number of hydrogen-bond donors (Lipinski definition) is 1. The number of nitrogens with zero attached hydrogens (tertiary/aromatic N) is 1. The largest absolute Gasteiger partial charge is 0.481 e. The molecule has 0 saturated heterocycles. The number of aryl methyl sites for hydroxylation is 1. The standard InChI is InChI=1S/C16H13FN2O2/c1-11-4-2-3-5-14(11)19-16(20)10-21-15-7-6-12(9-18)8-13(15)17/h2-8H,10H2,1H3,(H,19,20). The predicted octanol–water partition coefficient (Wildman–Crippen LogP) is 3.02. The summed E-state index contributed by atoms with van der Waals surface area (Å²) in [5.74, 6) is -1.11. The Bertz CT molecular complexity index is 708. The molecule has 0 aliphatic rings. The summed E-state index contributed by atoms with van der Waals surface area (Å²) < 4.78 is 18.7. The third-order valence-electron chi connectivity index (χ3n) is 2.84. The summed E-state index contributed by atoms with van der Waals surface area (Å²) in [5.41, 5.74) is 1.81. The normalized spacial score (nSPS) is 9.76. The maximum Gasteiger partial charge on any atom is 0.262 e. The predicted molar refractivity (Wildman–Crippen MR) is 76.4 cm³/mol. The Hall–Kier alpha value is -2.87. The van der Waals surface area contributed by atoms with Gasteiger partial charge in [0.1, 0.15) is 0 Å². The summed E-state index contributed by atoms with van der Waals surface area (Å²) in [6.45, 7) is 1.56.